The number of hydrogen-bond acceptors (Lipinski definition) is 3. The van der Waals surface area contributed by atoms with Gasteiger partial charge in [-0.25, -0.2) is 0 Å². The lowest BCUT2D eigenvalue weighted by molar-refractivity contribution is -0.144. The Labute approximate surface area is 115 Å². The SMILES string of the molecule is CCOC(=O)CN(Cc1ccccc1)CC1CCC1. The summed E-state index contributed by atoms with van der Waals surface area (Å²) in [7, 11) is 0. The lowest BCUT2D eigenvalue weighted by Crippen LogP contribution is -2.36. The summed E-state index contributed by atoms with van der Waals surface area (Å²) in [5.74, 6) is 0.649. The molecule has 0 heterocycles. The van der Waals surface area contributed by atoms with Crippen molar-refractivity contribution in [1.29, 1.82) is 0 Å². The summed E-state index contributed by atoms with van der Waals surface area (Å²) in [6.45, 7) is 4.55. The third-order valence-corrected chi connectivity index (χ3v) is 3.65. The predicted molar refractivity (Wildman–Crippen MR) is 75.7 cm³/mol. The van der Waals surface area contributed by atoms with Crippen molar-refractivity contribution in [3.63, 3.8) is 0 Å². The fourth-order valence-electron chi connectivity index (χ4n) is 2.46. The molecule has 1 aliphatic rings. The van der Waals surface area contributed by atoms with E-state index in [2.05, 4.69) is 17.0 Å². The number of carbonyl (C=O) groups excluding carboxylic acids is 1. The largest absolute Gasteiger partial charge is 0.465 e. The van der Waals surface area contributed by atoms with E-state index in [9.17, 15) is 4.79 Å². The molecule has 1 aromatic carbocycles. The third kappa shape index (κ3) is 4.67. The zero-order valence-electron chi connectivity index (χ0n) is 11.7. The summed E-state index contributed by atoms with van der Waals surface area (Å²) >= 11 is 0. The zero-order valence-corrected chi connectivity index (χ0v) is 11.7. The molecule has 3 heteroatoms. The Morgan fingerprint density at radius 1 is 1.32 bits per heavy atom. The molecule has 0 saturated heterocycles. The highest BCUT2D eigenvalue weighted by atomic mass is 16.5. The number of rotatable bonds is 7. The molecule has 1 saturated carbocycles. The van der Waals surface area contributed by atoms with Crippen LogP contribution in [0.2, 0.25) is 0 Å². The lowest BCUT2D eigenvalue weighted by Gasteiger charge is -2.31. The highest BCUT2D eigenvalue weighted by Crippen LogP contribution is 2.27. The molecule has 0 spiro atoms. The molecule has 0 aromatic heterocycles. The van der Waals surface area contributed by atoms with E-state index in [-0.39, 0.29) is 5.97 Å². The van der Waals surface area contributed by atoms with Gasteiger partial charge in [-0.05, 0) is 31.2 Å². The second-order valence-corrected chi connectivity index (χ2v) is 5.26. The maximum absolute atomic E-state index is 11.7. The van der Waals surface area contributed by atoms with Crippen molar-refractivity contribution in [1.82, 2.24) is 4.90 Å². The molecule has 2 rings (SSSR count). The Kier molecular flexibility index (Phi) is 5.40. The third-order valence-electron chi connectivity index (χ3n) is 3.65. The van der Waals surface area contributed by atoms with Crippen LogP contribution in [-0.4, -0.2) is 30.6 Å². The van der Waals surface area contributed by atoms with Gasteiger partial charge in [-0.2, -0.15) is 0 Å². The van der Waals surface area contributed by atoms with Gasteiger partial charge in [0.15, 0.2) is 0 Å². The molecule has 19 heavy (non-hydrogen) atoms. The predicted octanol–water partition coefficient (Wildman–Crippen LogP) is 2.85. The van der Waals surface area contributed by atoms with E-state index >= 15 is 0 Å². The smallest absolute Gasteiger partial charge is 0.320 e. The molecule has 1 aromatic rings. The minimum absolute atomic E-state index is 0.113. The van der Waals surface area contributed by atoms with Crippen LogP contribution in [0.1, 0.15) is 31.7 Å². The van der Waals surface area contributed by atoms with Crippen LogP contribution in [-0.2, 0) is 16.1 Å². The summed E-state index contributed by atoms with van der Waals surface area (Å²) in [6.07, 6.45) is 3.94. The van der Waals surface area contributed by atoms with Gasteiger partial charge in [0.1, 0.15) is 0 Å². The Bertz CT molecular complexity index is 387. The van der Waals surface area contributed by atoms with Gasteiger partial charge in [-0.1, -0.05) is 36.8 Å². The van der Waals surface area contributed by atoms with Gasteiger partial charge in [-0.3, -0.25) is 9.69 Å². The van der Waals surface area contributed by atoms with Gasteiger partial charge in [0.05, 0.1) is 13.2 Å². The molecule has 104 valence electrons. The molecule has 0 aliphatic heterocycles. The molecular formula is C16H23NO2. The van der Waals surface area contributed by atoms with Crippen LogP contribution in [0.3, 0.4) is 0 Å². The van der Waals surface area contributed by atoms with E-state index in [4.69, 9.17) is 4.74 Å². The molecular weight excluding hydrogens is 238 g/mol. The van der Waals surface area contributed by atoms with Gasteiger partial charge < -0.3 is 4.74 Å². The molecule has 0 atom stereocenters. The number of carbonyl (C=O) groups is 1. The first-order valence-corrected chi connectivity index (χ1v) is 7.20. The van der Waals surface area contributed by atoms with E-state index < -0.39 is 0 Å². The molecule has 3 nitrogen and oxygen atoms in total. The first kappa shape index (κ1) is 14.1. The van der Waals surface area contributed by atoms with Crippen LogP contribution < -0.4 is 0 Å². The van der Waals surface area contributed by atoms with E-state index in [1.165, 1.54) is 24.8 Å². The van der Waals surface area contributed by atoms with Crippen molar-refractivity contribution < 1.29 is 9.53 Å². The van der Waals surface area contributed by atoms with Crippen LogP contribution in [0, 0.1) is 5.92 Å². The van der Waals surface area contributed by atoms with Crippen molar-refractivity contribution in [3.05, 3.63) is 35.9 Å². The van der Waals surface area contributed by atoms with E-state index in [0.29, 0.717) is 13.2 Å². The van der Waals surface area contributed by atoms with Gasteiger partial charge in [0.25, 0.3) is 0 Å². The molecule has 0 radical (unpaired) electrons. The summed E-state index contributed by atoms with van der Waals surface area (Å²) in [4.78, 5) is 13.9. The summed E-state index contributed by atoms with van der Waals surface area (Å²) < 4.78 is 5.06. The van der Waals surface area contributed by atoms with Crippen molar-refractivity contribution in [2.45, 2.75) is 32.7 Å². The Morgan fingerprint density at radius 3 is 2.63 bits per heavy atom. The van der Waals surface area contributed by atoms with Crippen molar-refractivity contribution >= 4 is 5.97 Å². The van der Waals surface area contributed by atoms with Crippen LogP contribution in [0.4, 0.5) is 0 Å². The summed E-state index contributed by atoms with van der Waals surface area (Å²) in [6, 6.07) is 10.3. The summed E-state index contributed by atoms with van der Waals surface area (Å²) in [5, 5.41) is 0. The normalized spacial score (nSPS) is 15.3. The van der Waals surface area contributed by atoms with Crippen molar-refractivity contribution in [2.24, 2.45) is 5.92 Å². The van der Waals surface area contributed by atoms with Gasteiger partial charge in [-0.15, -0.1) is 0 Å². The Balaban J connectivity index is 1.90. The number of esters is 1. The van der Waals surface area contributed by atoms with Gasteiger partial charge in [0, 0.05) is 13.1 Å². The van der Waals surface area contributed by atoms with Crippen LogP contribution in [0.5, 0.6) is 0 Å². The van der Waals surface area contributed by atoms with Crippen LogP contribution >= 0.6 is 0 Å². The molecule has 0 N–H and O–H groups in total. The lowest BCUT2D eigenvalue weighted by atomic mass is 9.85. The fraction of sp³-hybridized carbons (Fsp3) is 0.562. The fourth-order valence-corrected chi connectivity index (χ4v) is 2.46. The highest BCUT2D eigenvalue weighted by molar-refractivity contribution is 5.71. The number of ether oxygens (including phenoxy) is 1. The zero-order chi connectivity index (χ0) is 13.5. The molecule has 1 fully saturated rings. The minimum atomic E-state index is -0.113. The maximum atomic E-state index is 11.7. The quantitative estimate of drug-likeness (QED) is 0.707. The average molecular weight is 261 g/mol. The average Bonchev–Trinajstić information content (AvgIpc) is 2.35. The monoisotopic (exact) mass is 261 g/mol. The molecule has 1 aliphatic carbocycles. The molecule has 0 unspecified atom stereocenters. The van der Waals surface area contributed by atoms with E-state index in [1.807, 2.05) is 25.1 Å². The van der Waals surface area contributed by atoms with E-state index in [1.54, 1.807) is 0 Å². The number of nitrogens with zero attached hydrogens (tertiary/aromatic N) is 1. The summed E-state index contributed by atoms with van der Waals surface area (Å²) in [5.41, 5.74) is 1.26. The molecule has 0 amide bonds. The number of hydrogen-bond donors (Lipinski definition) is 0. The second kappa shape index (κ2) is 7.29. The van der Waals surface area contributed by atoms with Crippen molar-refractivity contribution in [3.8, 4) is 0 Å². The standard InChI is InChI=1S/C16H23NO2/c1-2-19-16(18)13-17(12-15-9-6-10-15)11-14-7-4-3-5-8-14/h3-5,7-8,15H,2,6,9-13H2,1H3. The minimum Gasteiger partial charge on any atom is -0.465 e. The van der Waals surface area contributed by atoms with Crippen LogP contribution in [0.25, 0.3) is 0 Å². The van der Waals surface area contributed by atoms with Gasteiger partial charge >= 0.3 is 5.97 Å². The van der Waals surface area contributed by atoms with E-state index in [0.717, 1.165) is 19.0 Å². The first-order chi connectivity index (χ1) is 9.28. The Hall–Kier alpha value is -1.35. The molecule has 0 bridgehead atoms. The number of benzene rings is 1. The second-order valence-electron chi connectivity index (χ2n) is 5.26. The Morgan fingerprint density at radius 2 is 2.05 bits per heavy atom. The van der Waals surface area contributed by atoms with Crippen molar-refractivity contribution in [2.75, 3.05) is 19.7 Å². The van der Waals surface area contributed by atoms with Gasteiger partial charge in [0.2, 0.25) is 0 Å². The topological polar surface area (TPSA) is 29.5 Å². The van der Waals surface area contributed by atoms with Crippen LogP contribution in [0.15, 0.2) is 30.3 Å². The first-order valence-electron chi connectivity index (χ1n) is 7.20. The maximum Gasteiger partial charge on any atom is 0.320 e. The highest BCUT2D eigenvalue weighted by Gasteiger charge is 2.22.